The molecule has 1 aromatic heterocycles. The molecule has 0 spiro atoms. The summed E-state index contributed by atoms with van der Waals surface area (Å²) in [6.45, 7) is 2.27. The van der Waals surface area contributed by atoms with Crippen molar-refractivity contribution in [3.8, 4) is 0 Å². The maximum absolute atomic E-state index is 13.4. The van der Waals surface area contributed by atoms with Crippen LogP contribution in [0.5, 0.6) is 0 Å². The molecule has 1 saturated heterocycles. The van der Waals surface area contributed by atoms with Crippen LogP contribution in [-0.2, 0) is 11.3 Å². The first-order valence-corrected chi connectivity index (χ1v) is 11.8. The van der Waals surface area contributed by atoms with Crippen LogP contribution in [0.3, 0.4) is 0 Å². The van der Waals surface area contributed by atoms with E-state index >= 15 is 0 Å². The van der Waals surface area contributed by atoms with Crippen molar-refractivity contribution in [3.63, 3.8) is 0 Å². The predicted molar refractivity (Wildman–Crippen MR) is 133 cm³/mol. The number of aromatic nitrogens is 1. The molecule has 6 nitrogen and oxygen atoms in total. The van der Waals surface area contributed by atoms with Crippen molar-refractivity contribution in [2.24, 2.45) is 11.8 Å². The third-order valence-electron chi connectivity index (χ3n) is 7.09. The Morgan fingerprint density at radius 2 is 1.79 bits per heavy atom. The maximum Gasteiger partial charge on any atom is 0.258 e. The summed E-state index contributed by atoms with van der Waals surface area (Å²) >= 11 is 0. The fourth-order valence-electron chi connectivity index (χ4n) is 5.28. The molecule has 2 aliphatic heterocycles. The molecule has 3 N–H and O–H groups in total. The van der Waals surface area contributed by atoms with Crippen molar-refractivity contribution in [3.05, 3.63) is 106 Å². The molecule has 6 heteroatoms. The number of hydrogen-bond donors (Lipinski definition) is 3. The molecule has 1 amide bonds. The quantitative estimate of drug-likeness (QED) is 0.533. The average Bonchev–Trinajstić information content (AvgIpc) is 3.17. The van der Waals surface area contributed by atoms with E-state index in [1.165, 1.54) is 0 Å². The number of nitrogens with one attached hydrogen (secondary N) is 2. The number of rotatable bonds is 6. The first kappa shape index (κ1) is 22.3. The predicted octanol–water partition coefficient (Wildman–Crippen LogP) is 3.15. The summed E-state index contributed by atoms with van der Waals surface area (Å²) in [6, 6.07) is 22.8. The normalized spacial score (nSPS) is 24.1. The Morgan fingerprint density at radius 3 is 2.50 bits per heavy atom. The first-order valence-electron chi connectivity index (χ1n) is 11.8. The van der Waals surface area contributed by atoms with Gasteiger partial charge in [-0.25, -0.2) is 0 Å². The van der Waals surface area contributed by atoms with E-state index in [1.807, 2.05) is 91.9 Å². The minimum Gasteiger partial charge on any atom is -0.396 e. The zero-order valence-corrected chi connectivity index (χ0v) is 19.1. The molecule has 3 aromatic rings. The molecule has 0 aliphatic carbocycles. The van der Waals surface area contributed by atoms with Crippen LogP contribution in [0.1, 0.15) is 41.4 Å². The van der Waals surface area contributed by atoms with E-state index in [0.29, 0.717) is 12.1 Å². The fraction of sp³-hybridized carbons (Fsp3) is 0.286. The SMILES string of the molecule is C[C@H](NC(=O)[C@H]1[C@H](CO)[C@H]2Cn3c(ccc(C=Cc4ccccc4)c3=O)[C@@H]1N2)c1ccccc1. The third kappa shape index (κ3) is 4.11. The Hall–Kier alpha value is -3.48. The average molecular weight is 456 g/mol. The largest absolute Gasteiger partial charge is 0.396 e. The van der Waals surface area contributed by atoms with Crippen molar-refractivity contribution >= 4 is 18.1 Å². The number of carbonyl (C=O) groups is 1. The minimum atomic E-state index is -0.458. The second-order valence-corrected chi connectivity index (χ2v) is 9.14. The summed E-state index contributed by atoms with van der Waals surface area (Å²) in [7, 11) is 0. The first-order chi connectivity index (χ1) is 16.6. The summed E-state index contributed by atoms with van der Waals surface area (Å²) in [4.78, 5) is 26.7. The van der Waals surface area contributed by atoms with Crippen LogP contribution in [0.15, 0.2) is 77.6 Å². The van der Waals surface area contributed by atoms with Crippen molar-refractivity contribution in [1.29, 1.82) is 0 Å². The second kappa shape index (κ2) is 9.41. The van der Waals surface area contributed by atoms with Gasteiger partial charge in [-0.3, -0.25) is 9.59 Å². The van der Waals surface area contributed by atoms with Gasteiger partial charge in [0.1, 0.15) is 0 Å². The highest BCUT2D eigenvalue weighted by Crippen LogP contribution is 2.41. The Balaban J connectivity index is 1.42. The lowest BCUT2D eigenvalue weighted by molar-refractivity contribution is -0.127. The van der Waals surface area contributed by atoms with Gasteiger partial charge in [-0.05, 0) is 36.3 Å². The van der Waals surface area contributed by atoms with Crippen molar-refractivity contribution < 1.29 is 9.90 Å². The number of aliphatic hydroxyl groups is 1. The molecule has 0 saturated carbocycles. The van der Waals surface area contributed by atoms with Gasteiger partial charge in [0.25, 0.3) is 5.56 Å². The number of benzene rings is 2. The summed E-state index contributed by atoms with van der Waals surface area (Å²) < 4.78 is 1.77. The molecule has 1 fully saturated rings. The Labute approximate surface area is 199 Å². The molecule has 5 rings (SSSR count). The summed E-state index contributed by atoms with van der Waals surface area (Å²) in [5, 5.41) is 16.8. The zero-order valence-electron chi connectivity index (χ0n) is 19.1. The molecule has 3 heterocycles. The van der Waals surface area contributed by atoms with Crippen molar-refractivity contribution in [2.75, 3.05) is 6.61 Å². The summed E-state index contributed by atoms with van der Waals surface area (Å²) in [6.07, 6.45) is 3.77. The van der Waals surface area contributed by atoms with E-state index in [4.69, 9.17) is 0 Å². The van der Waals surface area contributed by atoms with Gasteiger partial charge in [-0.15, -0.1) is 0 Å². The highest BCUT2D eigenvalue weighted by molar-refractivity contribution is 5.81. The number of fused-ring (bicyclic) bond motifs is 4. The van der Waals surface area contributed by atoms with E-state index in [9.17, 15) is 14.7 Å². The summed E-state index contributed by atoms with van der Waals surface area (Å²) in [5.41, 5.74) is 3.37. The van der Waals surface area contributed by atoms with E-state index < -0.39 is 5.92 Å². The topological polar surface area (TPSA) is 83.4 Å². The Morgan fingerprint density at radius 1 is 1.09 bits per heavy atom. The van der Waals surface area contributed by atoms with Gasteiger partial charge in [0.05, 0.1) is 18.0 Å². The van der Waals surface area contributed by atoms with E-state index in [2.05, 4.69) is 10.6 Å². The molecule has 5 atom stereocenters. The molecule has 2 aromatic carbocycles. The van der Waals surface area contributed by atoms with E-state index in [-0.39, 0.29) is 42.1 Å². The van der Waals surface area contributed by atoms with E-state index in [1.54, 1.807) is 4.57 Å². The molecule has 2 bridgehead atoms. The Kier molecular flexibility index (Phi) is 6.18. The highest BCUT2D eigenvalue weighted by Gasteiger charge is 2.50. The fourth-order valence-corrected chi connectivity index (χ4v) is 5.28. The smallest absolute Gasteiger partial charge is 0.258 e. The standard InChI is InChI=1S/C28H29N3O3/c1-18(20-10-6-3-7-11-20)29-27(33)25-22(17-32)23-16-31-24(26(25)30-23)15-14-21(28(31)34)13-12-19-8-4-2-5-9-19/h2-15,18,22-23,25-26,30,32H,16-17H2,1H3,(H,29,33)/t18-,22+,23+,25-,26-/m0/s1. The zero-order chi connectivity index (χ0) is 23.7. The molecular weight excluding hydrogens is 426 g/mol. The maximum atomic E-state index is 13.4. The lowest BCUT2D eigenvalue weighted by Crippen LogP contribution is -2.43. The van der Waals surface area contributed by atoms with Gasteiger partial charge >= 0.3 is 0 Å². The van der Waals surface area contributed by atoms with Crippen LogP contribution in [0.25, 0.3) is 12.2 Å². The number of pyridine rings is 1. The van der Waals surface area contributed by atoms with Crippen molar-refractivity contribution in [2.45, 2.75) is 31.6 Å². The number of hydrogen-bond acceptors (Lipinski definition) is 4. The monoisotopic (exact) mass is 455 g/mol. The van der Waals surface area contributed by atoms with Gasteiger partial charge in [0, 0.05) is 36.4 Å². The van der Waals surface area contributed by atoms with Gasteiger partial charge in [0.15, 0.2) is 0 Å². The van der Waals surface area contributed by atoms with Crippen LogP contribution >= 0.6 is 0 Å². The molecule has 34 heavy (non-hydrogen) atoms. The highest BCUT2D eigenvalue weighted by atomic mass is 16.3. The third-order valence-corrected chi connectivity index (χ3v) is 7.09. The number of aliphatic hydroxyl groups excluding tert-OH is 1. The molecule has 2 aliphatic rings. The van der Waals surface area contributed by atoms with Gasteiger partial charge < -0.3 is 20.3 Å². The number of carbonyl (C=O) groups excluding carboxylic acids is 1. The molecule has 0 radical (unpaired) electrons. The van der Waals surface area contributed by atoms with Crippen molar-refractivity contribution in [1.82, 2.24) is 15.2 Å². The molecule has 174 valence electrons. The lowest BCUT2D eigenvalue weighted by atomic mass is 9.86. The van der Waals surface area contributed by atoms with Gasteiger partial charge in [0.2, 0.25) is 5.91 Å². The number of amides is 1. The molecular formula is C28H29N3O3. The van der Waals surface area contributed by atoms with Crippen LogP contribution in [0.4, 0.5) is 0 Å². The second-order valence-electron chi connectivity index (χ2n) is 9.14. The van der Waals surface area contributed by atoms with Gasteiger partial charge in [-0.1, -0.05) is 66.7 Å². The van der Waals surface area contributed by atoms with Gasteiger partial charge in [-0.2, -0.15) is 0 Å². The lowest BCUT2D eigenvalue weighted by Gasteiger charge is -2.28. The van der Waals surface area contributed by atoms with Crippen LogP contribution in [0, 0.1) is 11.8 Å². The van der Waals surface area contributed by atoms with E-state index in [0.717, 1.165) is 16.8 Å². The molecule has 0 unspecified atom stereocenters. The van der Waals surface area contributed by atoms with Crippen LogP contribution in [0.2, 0.25) is 0 Å². The minimum absolute atomic E-state index is 0.0726. The Bertz CT molecular complexity index is 1250. The summed E-state index contributed by atoms with van der Waals surface area (Å²) in [5.74, 6) is -0.833. The van der Waals surface area contributed by atoms with Crippen LogP contribution in [-0.4, -0.2) is 28.2 Å². The van der Waals surface area contributed by atoms with Crippen LogP contribution < -0.4 is 16.2 Å². The number of nitrogens with zero attached hydrogens (tertiary/aromatic N) is 1.